The molecule has 0 saturated heterocycles. The van der Waals surface area contributed by atoms with E-state index in [9.17, 15) is 0 Å². The van der Waals surface area contributed by atoms with E-state index in [0.29, 0.717) is 0 Å². The molecule has 8 aromatic carbocycles. The second-order valence-electron chi connectivity index (χ2n) is 17.8. The second-order valence-corrected chi connectivity index (χ2v) is 17.8. The number of furan rings is 1. The third kappa shape index (κ3) is 5.84. The van der Waals surface area contributed by atoms with Crippen molar-refractivity contribution >= 4 is 39.0 Å². The lowest BCUT2D eigenvalue weighted by Crippen LogP contribution is -2.42. The SMILES string of the molecule is CC1(C)c2cc(-c3ccc(N(c4ccccc4)c4ccc(-c5ccccc5)cc4-c4ccccc4)cc3)c(-c3ccc4c(c3)oc3ccccc34)cc2C(C)(C)C1(C)C. The van der Waals surface area contributed by atoms with Crippen molar-refractivity contribution in [2.45, 2.75) is 52.4 Å². The normalized spacial score (nSPS) is 15.0. The Bertz CT molecular complexity index is 2990. The average molecular weight is 764 g/mol. The lowest BCUT2D eigenvalue weighted by molar-refractivity contribution is 0.125. The molecule has 0 bridgehead atoms. The second kappa shape index (κ2) is 13.7. The van der Waals surface area contributed by atoms with Gasteiger partial charge in [0.2, 0.25) is 0 Å². The van der Waals surface area contributed by atoms with Crippen molar-refractivity contribution in [3.05, 3.63) is 199 Å². The van der Waals surface area contributed by atoms with E-state index < -0.39 is 0 Å². The molecule has 0 spiro atoms. The van der Waals surface area contributed by atoms with Crippen LogP contribution in [0.1, 0.15) is 52.7 Å². The molecule has 1 aromatic heterocycles. The first-order valence-electron chi connectivity index (χ1n) is 20.8. The van der Waals surface area contributed by atoms with Gasteiger partial charge in [-0.15, -0.1) is 0 Å². The Morgan fingerprint density at radius 3 is 1.51 bits per heavy atom. The van der Waals surface area contributed by atoms with Crippen LogP contribution in [-0.2, 0) is 10.8 Å². The van der Waals surface area contributed by atoms with Gasteiger partial charge in [-0.05, 0) is 133 Å². The molecule has 10 rings (SSSR count). The molecule has 0 N–H and O–H groups in total. The van der Waals surface area contributed by atoms with Crippen LogP contribution < -0.4 is 4.90 Å². The summed E-state index contributed by atoms with van der Waals surface area (Å²) in [5.74, 6) is 0. The summed E-state index contributed by atoms with van der Waals surface area (Å²) in [5, 5.41) is 2.29. The molecule has 9 aromatic rings. The topological polar surface area (TPSA) is 16.4 Å². The van der Waals surface area contributed by atoms with E-state index in [2.05, 4.69) is 228 Å². The number of rotatable bonds is 7. The predicted molar refractivity (Wildman–Crippen MR) is 250 cm³/mol. The van der Waals surface area contributed by atoms with E-state index in [4.69, 9.17) is 4.42 Å². The van der Waals surface area contributed by atoms with Gasteiger partial charge in [-0.1, -0.05) is 163 Å². The van der Waals surface area contributed by atoms with Gasteiger partial charge < -0.3 is 9.32 Å². The molecule has 1 heterocycles. The smallest absolute Gasteiger partial charge is 0.136 e. The van der Waals surface area contributed by atoms with Crippen LogP contribution in [0.4, 0.5) is 17.1 Å². The third-order valence-corrected chi connectivity index (χ3v) is 14.2. The standard InChI is InChI=1S/C57H49NO/c1-55(2)50-36-47(48(37-51(50)56(3,4)57(55,5)6)42-28-32-46-45-24-16-17-25-53(45)59-54(46)35-42)40-26-30-44(31-27-40)58(43-22-14-9-15-23-43)52-33-29-41(38-18-10-7-11-19-38)34-49(52)39-20-12-8-13-21-39/h7-37H,1-6H3. The molecule has 0 saturated carbocycles. The summed E-state index contributed by atoms with van der Waals surface area (Å²) in [6, 6.07) is 68.3. The van der Waals surface area contributed by atoms with Crippen molar-refractivity contribution in [3.63, 3.8) is 0 Å². The van der Waals surface area contributed by atoms with Crippen LogP contribution in [0.25, 0.3) is 66.4 Å². The molecule has 0 fully saturated rings. The van der Waals surface area contributed by atoms with Crippen molar-refractivity contribution in [2.75, 3.05) is 4.90 Å². The van der Waals surface area contributed by atoms with Crippen molar-refractivity contribution in [1.82, 2.24) is 0 Å². The highest BCUT2D eigenvalue weighted by molar-refractivity contribution is 6.06. The number of fused-ring (bicyclic) bond motifs is 4. The predicted octanol–water partition coefficient (Wildman–Crippen LogP) is 16.3. The summed E-state index contributed by atoms with van der Waals surface area (Å²) in [6.07, 6.45) is 0. The fraction of sp³-hybridized carbons (Fsp3) is 0.158. The first-order valence-corrected chi connectivity index (χ1v) is 20.8. The summed E-state index contributed by atoms with van der Waals surface area (Å²) in [4.78, 5) is 2.40. The van der Waals surface area contributed by atoms with E-state index in [-0.39, 0.29) is 16.2 Å². The molecular formula is C57H49NO. The Labute approximate surface area is 348 Å². The van der Waals surface area contributed by atoms with Crippen LogP contribution in [-0.4, -0.2) is 0 Å². The highest BCUT2D eigenvalue weighted by Gasteiger charge is 2.57. The van der Waals surface area contributed by atoms with Crippen LogP contribution in [0.2, 0.25) is 0 Å². The van der Waals surface area contributed by atoms with E-state index in [1.807, 2.05) is 6.07 Å². The van der Waals surface area contributed by atoms with Crippen LogP contribution in [0.5, 0.6) is 0 Å². The third-order valence-electron chi connectivity index (χ3n) is 14.2. The van der Waals surface area contributed by atoms with Crippen molar-refractivity contribution in [1.29, 1.82) is 0 Å². The first-order chi connectivity index (χ1) is 28.5. The lowest BCUT2D eigenvalue weighted by atomic mass is 9.59. The van der Waals surface area contributed by atoms with Gasteiger partial charge in [-0.2, -0.15) is 0 Å². The Hall–Kier alpha value is -6.64. The van der Waals surface area contributed by atoms with Crippen molar-refractivity contribution < 1.29 is 4.42 Å². The van der Waals surface area contributed by atoms with Crippen molar-refractivity contribution in [3.8, 4) is 44.5 Å². The first kappa shape index (κ1) is 36.7. The molecule has 1 aliphatic carbocycles. The van der Waals surface area contributed by atoms with Gasteiger partial charge in [0.05, 0.1) is 5.69 Å². The number of nitrogens with zero attached hydrogens (tertiary/aromatic N) is 1. The molecule has 59 heavy (non-hydrogen) atoms. The highest BCUT2D eigenvalue weighted by atomic mass is 16.3. The summed E-state index contributed by atoms with van der Waals surface area (Å²) >= 11 is 0. The van der Waals surface area contributed by atoms with Gasteiger partial charge in [-0.3, -0.25) is 0 Å². The fourth-order valence-electron chi connectivity index (χ4n) is 9.64. The number of anilines is 3. The number of benzene rings is 8. The molecule has 2 heteroatoms. The van der Waals surface area contributed by atoms with Gasteiger partial charge >= 0.3 is 0 Å². The van der Waals surface area contributed by atoms with E-state index in [1.165, 1.54) is 50.1 Å². The summed E-state index contributed by atoms with van der Waals surface area (Å²) in [7, 11) is 0. The zero-order valence-corrected chi connectivity index (χ0v) is 34.8. The molecule has 0 unspecified atom stereocenters. The Morgan fingerprint density at radius 2 is 0.847 bits per heavy atom. The van der Waals surface area contributed by atoms with Crippen molar-refractivity contribution in [2.24, 2.45) is 5.41 Å². The van der Waals surface area contributed by atoms with Gasteiger partial charge in [0.1, 0.15) is 11.2 Å². The molecule has 0 aliphatic heterocycles. The van der Waals surface area contributed by atoms with E-state index >= 15 is 0 Å². The van der Waals surface area contributed by atoms with Gasteiger partial charge in [0.25, 0.3) is 0 Å². The quantitative estimate of drug-likeness (QED) is 0.161. The Morgan fingerprint density at radius 1 is 0.356 bits per heavy atom. The highest BCUT2D eigenvalue weighted by Crippen LogP contribution is 2.63. The maximum atomic E-state index is 6.45. The van der Waals surface area contributed by atoms with Gasteiger partial charge in [-0.25, -0.2) is 0 Å². The van der Waals surface area contributed by atoms with Crippen LogP contribution in [0.3, 0.4) is 0 Å². The number of hydrogen-bond donors (Lipinski definition) is 0. The average Bonchev–Trinajstić information content (AvgIpc) is 3.69. The summed E-state index contributed by atoms with van der Waals surface area (Å²) in [6.45, 7) is 14.6. The zero-order chi connectivity index (χ0) is 40.5. The Kier molecular flexibility index (Phi) is 8.54. The zero-order valence-electron chi connectivity index (χ0n) is 34.8. The number of hydrogen-bond acceptors (Lipinski definition) is 2. The van der Waals surface area contributed by atoms with Gasteiger partial charge in [0.15, 0.2) is 0 Å². The molecule has 0 atom stereocenters. The van der Waals surface area contributed by atoms with E-state index in [1.54, 1.807) is 0 Å². The molecule has 1 aliphatic rings. The monoisotopic (exact) mass is 763 g/mol. The minimum Gasteiger partial charge on any atom is -0.456 e. The lowest BCUT2D eigenvalue weighted by Gasteiger charge is -2.44. The molecular weight excluding hydrogens is 715 g/mol. The molecule has 288 valence electrons. The maximum absolute atomic E-state index is 6.45. The largest absolute Gasteiger partial charge is 0.456 e. The minimum atomic E-state index is -0.0361. The minimum absolute atomic E-state index is 0.0326. The van der Waals surface area contributed by atoms with Gasteiger partial charge in [0, 0.05) is 27.7 Å². The van der Waals surface area contributed by atoms with Crippen LogP contribution >= 0.6 is 0 Å². The van der Waals surface area contributed by atoms with E-state index in [0.717, 1.165) is 44.6 Å². The Balaban J connectivity index is 1.15. The fourth-order valence-corrected chi connectivity index (χ4v) is 9.64. The number of para-hydroxylation sites is 2. The molecule has 2 nitrogen and oxygen atoms in total. The molecule has 0 radical (unpaired) electrons. The summed E-state index contributed by atoms with van der Waals surface area (Å²) in [5.41, 5.74) is 17.5. The van der Waals surface area contributed by atoms with Crippen LogP contribution in [0.15, 0.2) is 192 Å². The molecule has 0 amide bonds. The maximum Gasteiger partial charge on any atom is 0.136 e. The summed E-state index contributed by atoms with van der Waals surface area (Å²) < 4.78 is 6.45. The van der Waals surface area contributed by atoms with Crippen LogP contribution in [0, 0.1) is 5.41 Å².